The summed E-state index contributed by atoms with van der Waals surface area (Å²) in [7, 11) is 0. The predicted molar refractivity (Wildman–Crippen MR) is 133 cm³/mol. The Kier molecular flexibility index (Phi) is 5.57. The van der Waals surface area contributed by atoms with Gasteiger partial charge in [-0.3, -0.25) is 9.48 Å². The molecule has 0 fully saturated rings. The molecule has 4 aromatic rings. The van der Waals surface area contributed by atoms with Gasteiger partial charge in [0, 0.05) is 42.6 Å². The number of benzene rings is 1. The van der Waals surface area contributed by atoms with Crippen molar-refractivity contribution in [1.82, 2.24) is 24.6 Å². The molecule has 3 aromatic heterocycles. The summed E-state index contributed by atoms with van der Waals surface area (Å²) in [5.74, 6) is 0.402. The Morgan fingerprint density at radius 3 is 2.79 bits per heavy atom. The van der Waals surface area contributed by atoms with E-state index in [2.05, 4.69) is 43.5 Å². The van der Waals surface area contributed by atoms with E-state index in [1.165, 1.54) is 11.1 Å². The zero-order chi connectivity index (χ0) is 23.8. The van der Waals surface area contributed by atoms with Gasteiger partial charge in [-0.1, -0.05) is 12.1 Å². The maximum absolute atomic E-state index is 12.9. The van der Waals surface area contributed by atoms with Crippen LogP contribution < -0.4 is 16.4 Å². The van der Waals surface area contributed by atoms with Crippen molar-refractivity contribution < 1.29 is 4.79 Å². The fraction of sp³-hybridized carbons (Fsp3) is 0.269. The van der Waals surface area contributed by atoms with Crippen LogP contribution in [-0.2, 0) is 26.2 Å². The number of nitrogens with zero attached hydrogens (tertiary/aromatic N) is 4. The van der Waals surface area contributed by atoms with Gasteiger partial charge in [0.05, 0.1) is 24.8 Å². The molecule has 1 aliphatic rings. The number of carbonyl (C=O) groups excluding carboxylic acids is 1. The van der Waals surface area contributed by atoms with Crippen molar-refractivity contribution in [3.8, 4) is 0 Å². The second kappa shape index (κ2) is 8.70. The quantitative estimate of drug-likeness (QED) is 0.427. The fourth-order valence-electron chi connectivity index (χ4n) is 4.53. The highest BCUT2D eigenvalue weighted by Gasteiger charge is 2.18. The molecular formula is C26H29N7O. The van der Waals surface area contributed by atoms with Gasteiger partial charge in [-0.25, -0.2) is 4.98 Å². The summed E-state index contributed by atoms with van der Waals surface area (Å²) < 4.78 is 4.09. The first kappa shape index (κ1) is 21.8. The van der Waals surface area contributed by atoms with Crippen LogP contribution in [0.15, 0.2) is 48.9 Å². The molecule has 5 rings (SSSR count). The van der Waals surface area contributed by atoms with Crippen LogP contribution in [0.25, 0.3) is 0 Å². The van der Waals surface area contributed by atoms with Crippen molar-refractivity contribution in [2.24, 2.45) is 0 Å². The SMILES string of the molecule is Cc1cnn(Cc2ccc3c(c2)NCc2cc(C(=O)NCc4c(C)cc(N)nc4C)cn2C3)c1. The molecule has 0 saturated carbocycles. The van der Waals surface area contributed by atoms with Gasteiger partial charge in [0.1, 0.15) is 5.82 Å². The molecule has 4 heterocycles. The van der Waals surface area contributed by atoms with Gasteiger partial charge >= 0.3 is 0 Å². The summed E-state index contributed by atoms with van der Waals surface area (Å²) in [4.78, 5) is 17.2. The fourth-order valence-corrected chi connectivity index (χ4v) is 4.53. The van der Waals surface area contributed by atoms with Gasteiger partial charge in [0.25, 0.3) is 5.91 Å². The third-order valence-corrected chi connectivity index (χ3v) is 6.33. The van der Waals surface area contributed by atoms with Gasteiger partial charge in [-0.2, -0.15) is 5.10 Å². The molecule has 1 amide bonds. The van der Waals surface area contributed by atoms with Crippen LogP contribution >= 0.6 is 0 Å². The van der Waals surface area contributed by atoms with Crippen LogP contribution in [0.4, 0.5) is 11.5 Å². The first-order valence-electron chi connectivity index (χ1n) is 11.4. The lowest BCUT2D eigenvalue weighted by atomic mass is 10.1. The minimum absolute atomic E-state index is 0.0960. The van der Waals surface area contributed by atoms with Crippen molar-refractivity contribution in [3.05, 3.63) is 93.7 Å². The van der Waals surface area contributed by atoms with Crippen molar-refractivity contribution in [1.29, 1.82) is 0 Å². The average molecular weight is 456 g/mol. The summed E-state index contributed by atoms with van der Waals surface area (Å²) in [6.07, 6.45) is 5.85. The second-order valence-electron chi connectivity index (χ2n) is 9.02. The molecule has 0 bridgehead atoms. The van der Waals surface area contributed by atoms with E-state index in [4.69, 9.17) is 5.73 Å². The third-order valence-electron chi connectivity index (χ3n) is 6.33. The Morgan fingerprint density at radius 1 is 1.18 bits per heavy atom. The first-order valence-corrected chi connectivity index (χ1v) is 11.4. The number of anilines is 2. The summed E-state index contributed by atoms with van der Waals surface area (Å²) in [5, 5.41) is 11.0. The standard InChI is InChI=1S/C26H29N7O/c1-16-9-30-33(12-16)13-19-4-5-20-14-32-15-21(8-22(32)10-28-24(20)7-19)26(34)29-11-23-17(2)6-25(27)31-18(23)3/h4-9,12,15,28H,10-11,13-14H2,1-3H3,(H2,27,31)(H,29,34). The number of rotatable bonds is 5. The largest absolute Gasteiger partial charge is 0.384 e. The van der Waals surface area contributed by atoms with E-state index in [0.717, 1.165) is 40.3 Å². The Bertz CT molecular complexity index is 1360. The molecule has 4 N–H and O–H groups in total. The highest BCUT2D eigenvalue weighted by Crippen LogP contribution is 2.25. The maximum atomic E-state index is 12.9. The van der Waals surface area contributed by atoms with Crippen molar-refractivity contribution in [3.63, 3.8) is 0 Å². The Balaban J connectivity index is 1.28. The van der Waals surface area contributed by atoms with Gasteiger partial charge < -0.3 is 20.9 Å². The number of pyridine rings is 1. The van der Waals surface area contributed by atoms with Crippen LogP contribution in [0, 0.1) is 20.8 Å². The summed E-state index contributed by atoms with van der Waals surface area (Å²) in [6, 6.07) is 10.3. The molecule has 1 aliphatic heterocycles. The molecular weight excluding hydrogens is 426 g/mol. The Labute approximate surface area is 198 Å². The van der Waals surface area contributed by atoms with Crippen LogP contribution in [0.5, 0.6) is 0 Å². The molecule has 0 radical (unpaired) electrons. The number of fused-ring (bicyclic) bond motifs is 2. The van der Waals surface area contributed by atoms with Gasteiger partial charge in [0.2, 0.25) is 0 Å². The van der Waals surface area contributed by atoms with E-state index in [1.807, 2.05) is 56.2 Å². The summed E-state index contributed by atoms with van der Waals surface area (Å²) in [5.41, 5.74) is 15.1. The summed E-state index contributed by atoms with van der Waals surface area (Å²) in [6.45, 7) is 8.47. The molecule has 8 heteroatoms. The number of amides is 1. The third kappa shape index (κ3) is 4.39. The number of carbonyl (C=O) groups is 1. The molecule has 0 atom stereocenters. The van der Waals surface area contributed by atoms with Gasteiger partial charge in [0.15, 0.2) is 0 Å². The number of aryl methyl sites for hydroxylation is 3. The van der Waals surface area contributed by atoms with E-state index in [9.17, 15) is 4.79 Å². The molecule has 1 aromatic carbocycles. The number of aromatic nitrogens is 4. The number of nitrogen functional groups attached to an aromatic ring is 1. The molecule has 8 nitrogen and oxygen atoms in total. The smallest absolute Gasteiger partial charge is 0.253 e. The van der Waals surface area contributed by atoms with E-state index >= 15 is 0 Å². The van der Waals surface area contributed by atoms with E-state index in [1.54, 1.807) is 0 Å². The minimum atomic E-state index is -0.0960. The van der Waals surface area contributed by atoms with Gasteiger partial charge in [-0.15, -0.1) is 0 Å². The molecule has 0 spiro atoms. The monoisotopic (exact) mass is 455 g/mol. The molecule has 0 saturated heterocycles. The van der Waals surface area contributed by atoms with Crippen LogP contribution in [0.2, 0.25) is 0 Å². The van der Waals surface area contributed by atoms with E-state index in [-0.39, 0.29) is 5.91 Å². The first-order chi connectivity index (χ1) is 16.4. The van der Waals surface area contributed by atoms with Crippen LogP contribution in [-0.4, -0.2) is 25.2 Å². The Morgan fingerprint density at radius 2 is 2.03 bits per heavy atom. The lowest BCUT2D eigenvalue weighted by molar-refractivity contribution is 0.0950. The normalized spacial score (nSPS) is 12.4. The van der Waals surface area contributed by atoms with Crippen molar-refractivity contribution >= 4 is 17.4 Å². The number of hydrogen-bond acceptors (Lipinski definition) is 5. The van der Waals surface area contributed by atoms with E-state index < -0.39 is 0 Å². The number of nitrogens with one attached hydrogen (secondary N) is 2. The zero-order valence-corrected chi connectivity index (χ0v) is 19.7. The lowest BCUT2D eigenvalue weighted by Gasteiger charge is -2.11. The minimum Gasteiger partial charge on any atom is -0.384 e. The Hall–Kier alpha value is -4.07. The van der Waals surface area contributed by atoms with Crippen molar-refractivity contribution in [2.75, 3.05) is 11.1 Å². The van der Waals surface area contributed by atoms with Crippen LogP contribution in [0.1, 0.15) is 49.6 Å². The molecule has 174 valence electrons. The molecule has 0 unspecified atom stereocenters. The topological polar surface area (TPSA) is 103 Å². The second-order valence-corrected chi connectivity index (χ2v) is 9.02. The molecule has 0 aliphatic carbocycles. The van der Waals surface area contributed by atoms with Crippen LogP contribution in [0.3, 0.4) is 0 Å². The summed E-state index contributed by atoms with van der Waals surface area (Å²) >= 11 is 0. The number of hydrogen-bond donors (Lipinski definition) is 3. The van der Waals surface area contributed by atoms with E-state index in [0.29, 0.717) is 31.0 Å². The average Bonchev–Trinajstić information content (AvgIpc) is 3.34. The number of nitrogens with two attached hydrogens (primary N) is 1. The molecule has 34 heavy (non-hydrogen) atoms. The lowest BCUT2D eigenvalue weighted by Crippen LogP contribution is -2.23. The highest BCUT2D eigenvalue weighted by atomic mass is 16.1. The predicted octanol–water partition coefficient (Wildman–Crippen LogP) is 3.54. The zero-order valence-electron chi connectivity index (χ0n) is 19.7. The van der Waals surface area contributed by atoms with Crippen molar-refractivity contribution in [2.45, 2.75) is 47.0 Å². The van der Waals surface area contributed by atoms with Gasteiger partial charge in [-0.05, 0) is 66.8 Å². The maximum Gasteiger partial charge on any atom is 0.253 e. The highest BCUT2D eigenvalue weighted by molar-refractivity contribution is 5.94.